The number of phenols is 1. The average Bonchev–Trinajstić information content (AvgIpc) is 3.78. The van der Waals surface area contributed by atoms with Crippen LogP contribution in [0.15, 0.2) is 170 Å². The first-order valence-corrected chi connectivity index (χ1v) is 22.6. The molecule has 1 N–H and O–H groups in total. The van der Waals surface area contributed by atoms with Gasteiger partial charge in [-0.25, -0.2) is 4.98 Å². The van der Waals surface area contributed by atoms with Crippen molar-refractivity contribution in [3.8, 4) is 78.6 Å². The number of aryl methyl sites for hydroxylation is 1. The van der Waals surface area contributed by atoms with Crippen LogP contribution in [0.2, 0.25) is 0 Å². The van der Waals surface area contributed by atoms with Crippen LogP contribution in [0, 0.1) is 0 Å². The number of nitrogens with zero attached hydrogens (tertiary/aromatic N) is 3. The maximum atomic E-state index is 12.5. The third-order valence-electron chi connectivity index (χ3n) is 12.6. The zero-order valence-electron chi connectivity index (χ0n) is 47.7. The zero-order valence-corrected chi connectivity index (χ0v) is 38.7. The lowest BCUT2D eigenvalue weighted by Gasteiger charge is -2.27. The van der Waals surface area contributed by atoms with E-state index >= 15 is 0 Å². The first-order chi connectivity index (χ1) is 35.2. The molecule has 0 atom stereocenters. The summed E-state index contributed by atoms with van der Waals surface area (Å²) in [7, 11) is 0. The fourth-order valence-corrected chi connectivity index (χ4v) is 8.90. The van der Waals surface area contributed by atoms with E-state index in [-0.39, 0.29) is 22.1 Å². The van der Waals surface area contributed by atoms with E-state index in [4.69, 9.17) is 22.3 Å². The van der Waals surface area contributed by atoms with E-state index in [1.807, 2.05) is 36.4 Å². The third kappa shape index (κ3) is 8.61. The smallest absolute Gasteiger partial charge is 0.149 e. The molecular weight excluding hydrogens is 803 g/mol. The first-order valence-electron chi connectivity index (χ1n) is 27.1. The van der Waals surface area contributed by atoms with Gasteiger partial charge in [0.15, 0.2) is 0 Å². The Labute approximate surface area is 404 Å². The number of phenolic OH excluding ortho intramolecular Hbond substituents is 1. The predicted molar refractivity (Wildman–Crippen MR) is 279 cm³/mol. The topological polar surface area (TPSA) is 50.9 Å². The fraction of sp³-hybridized carbons (Fsp3) is 0.226. The summed E-state index contributed by atoms with van der Waals surface area (Å²) in [5, 5.41) is 12.5. The predicted octanol–water partition coefficient (Wildman–Crippen LogP) is 16.6. The summed E-state index contributed by atoms with van der Waals surface area (Å²) in [5.41, 5.74) is 10.8. The highest BCUT2D eigenvalue weighted by atomic mass is 16.3. The number of aromatic hydroxyl groups is 1. The maximum absolute atomic E-state index is 12.5. The van der Waals surface area contributed by atoms with Gasteiger partial charge in [0.2, 0.25) is 0 Å². The van der Waals surface area contributed by atoms with Gasteiger partial charge >= 0.3 is 0 Å². The van der Waals surface area contributed by atoms with Crippen LogP contribution in [0.4, 0.5) is 0 Å². The van der Waals surface area contributed by atoms with Gasteiger partial charge in [0, 0.05) is 40.9 Å². The number of benzene rings is 7. The van der Waals surface area contributed by atoms with Gasteiger partial charge < -0.3 is 5.11 Å². The summed E-state index contributed by atoms with van der Waals surface area (Å²) >= 11 is 0. The molecule has 0 unspecified atom stereocenters. The molecule has 0 saturated carbocycles. The van der Waals surface area contributed by atoms with Crippen molar-refractivity contribution in [2.75, 3.05) is 0 Å². The van der Waals surface area contributed by atoms with Crippen LogP contribution in [0.1, 0.15) is 104 Å². The summed E-state index contributed by atoms with van der Waals surface area (Å²) in [4.78, 5) is 10.4. The van der Waals surface area contributed by atoms with Gasteiger partial charge in [-0.1, -0.05) is 178 Å². The lowest BCUT2D eigenvalue weighted by molar-refractivity contribution is 0.446. The molecule has 0 aliphatic rings. The molecule has 7 aromatic carbocycles. The Balaban J connectivity index is 1.26. The van der Waals surface area contributed by atoms with Gasteiger partial charge in [-0.05, 0) is 133 Å². The highest BCUT2D eigenvalue weighted by molar-refractivity contribution is 5.98. The van der Waals surface area contributed by atoms with Crippen LogP contribution in [-0.4, -0.2) is 19.6 Å². The quantitative estimate of drug-likeness (QED) is 0.165. The van der Waals surface area contributed by atoms with Crippen molar-refractivity contribution in [2.45, 2.75) is 91.7 Å². The van der Waals surface area contributed by atoms with Crippen LogP contribution in [0.5, 0.6) is 5.75 Å². The Bertz CT molecular complexity index is 3530. The molecule has 0 bridgehead atoms. The Morgan fingerprint density at radius 3 is 1.85 bits per heavy atom. The van der Waals surface area contributed by atoms with E-state index in [1.54, 1.807) is 24.4 Å². The van der Waals surface area contributed by atoms with E-state index < -0.39 is 26.0 Å². The van der Waals surface area contributed by atoms with Crippen molar-refractivity contribution >= 4 is 11.0 Å². The largest absolute Gasteiger partial charge is 0.507 e. The highest BCUT2D eigenvalue weighted by Gasteiger charge is 2.29. The molecule has 4 nitrogen and oxygen atoms in total. The van der Waals surface area contributed by atoms with E-state index in [2.05, 4.69) is 150 Å². The molecule has 0 aliphatic carbocycles. The molecule has 330 valence electrons. The molecule has 0 fully saturated rings. The van der Waals surface area contributed by atoms with Crippen LogP contribution in [-0.2, 0) is 22.7 Å². The SMILES string of the molecule is [2H]C([2H])([2H])C(c1ccc(-c2ccnc(-c3cc(-c4ccccc4)cc(-c4cccc5c4nc(-c4cc(C(C)(C)C)cc(C(C)(C)C)c4O)n5-c4ccc(-c5ccccc5)c(CC)c4)c3)c2)cc1)(C([2H])([2H])[2H])C([2H])([2H])[2H]. The van der Waals surface area contributed by atoms with E-state index in [1.165, 1.54) is 17.7 Å². The molecule has 0 saturated heterocycles. The van der Waals surface area contributed by atoms with Gasteiger partial charge in [0.1, 0.15) is 11.6 Å². The van der Waals surface area contributed by atoms with Crippen LogP contribution < -0.4 is 0 Å². The number of hydrogen-bond acceptors (Lipinski definition) is 3. The van der Waals surface area contributed by atoms with Crippen LogP contribution >= 0.6 is 0 Å². The number of imidazole rings is 1. The van der Waals surface area contributed by atoms with Gasteiger partial charge in [-0.2, -0.15) is 0 Å². The normalized spacial score (nSPS) is 14.8. The summed E-state index contributed by atoms with van der Waals surface area (Å²) in [6.07, 6.45) is 2.47. The van der Waals surface area contributed by atoms with Crippen LogP contribution in [0.25, 0.3) is 83.9 Å². The number of aromatic nitrogens is 3. The first kappa shape index (κ1) is 34.3. The summed E-state index contributed by atoms with van der Waals surface area (Å²) in [6.45, 7) is 4.94. The Hall–Kier alpha value is -7.04. The lowest BCUT2D eigenvalue weighted by atomic mass is 9.79. The molecule has 0 radical (unpaired) electrons. The minimum absolute atomic E-state index is 0.185. The van der Waals surface area contributed by atoms with E-state index in [0.717, 1.165) is 73.2 Å². The molecule has 2 aromatic heterocycles. The summed E-state index contributed by atoms with van der Waals surface area (Å²) in [5.74, 6) is 0.792. The molecule has 9 aromatic rings. The second-order valence-electron chi connectivity index (χ2n) is 19.3. The molecule has 2 heterocycles. The third-order valence-corrected chi connectivity index (χ3v) is 12.6. The van der Waals surface area contributed by atoms with Crippen molar-refractivity contribution in [3.63, 3.8) is 0 Å². The van der Waals surface area contributed by atoms with Crippen molar-refractivity contribution in [1.82, 2.24) is 14.5 Å². The lowest BCUT2D eigenvalue weighted by Crippen LogP contribution is -2.17. The maximum Gasteiger partial charge on any atom is 0.149 e. The number of fused-ring (bicyclic) bond motifs is 1. The Morgan fingerprint density at radius 1 is 0.515 bits per heavy atom. The molecular formula is C62H61N3O. The molecule has 66 heavy (non-hydrogen) atoms. The van der Waals surface area contributed by atoms with Crippen molar-refractivity contribution in [1.29, 1.82) is 0 Å². The highest BCUT2D eigenvalue weighted by Crippen LogP contribution is 2.45. The summed E-state index contributed by atoms with van der Waals surface area (Å²) in [6, 6.07) is 53.2. The molecule has 4 heteroatoms. The number of pyridine rings is 1. The molecule has 9 rings (SSSR count). The number of rotatable bonds is 8. The monoisotopic (exact) mass is 873 g/mol. The molecule has 0 aliphatic heterocycles. The standard InChI is InChI=1S/C62H61N3O/c1-11-40-36-50(29-30-51(40)43-21-16-13-17-22-43)65-56-24-18-23-52(57(56)64-59(65)53-38-49(61(5,6)7)39-54(58(53)66)62(8,9)10)46-33-45(41-19-14-12-15-20-41)34-47(35-46)55-37-44(31-32-63-55)42-25-27-48(28-26-42)60(2,3)4/h12-39,66H,11H2,1-10H3/i2D3,3D3,4D3. The van der Waals surface area contributed by atoms with Crippen molar-refractivity contribution in [3.05, 3.63) is 192 Å². The van der Waals surface area contributed by atoms with E-state index in [9.17, 15) is 5.11 Å². The second-order valence-corrected chi connectivity index (χ2v) is 19.3. The minimum Gasteiger partial charge on any atom is -0.507 e. The fourth-order valence-electron chi connectivity index (χ4n) is 8.90. The second kappa shape index (κ2) is 17.1. The van der Waals surface area contributed by atoms with Crippen molar-refractivity contribution in [2.24, 2.45) is 0 Å². The Kier molecular flexibility index (Phi) is 8.88. The van der Waals surface area contributed by atoms with Gasteiger partial charge in [-0.15, -0.1) is 0 Å². The summed E-state index contributed by atoms with van der Waals surface area (Å²) < 4.78 is 76.2. The van der Waals surface area contributed by atoms with Crippen LogP contribution in [0.3, 0.4) is 0 Å². The number of para-hydroxylation sites is 1. The molecule has 0 spiro atoms. The van der Waals surface area contributed by atoms with E-state index in [0.29, 0.717) is 28.2 Å². The zero-order chi connectivity index (χ0) is 54.0. The average molecular weight is 873 g/mol. The van der Waals surface area contributed by atoms with Gasteiger partial charge in [-0.3, -0.25) is 9.55 Å². The van der Waals surface area contributed by atoms with Gasteiger partial charge in [0.05, 0.1) is 22.3 Å². The Morgan fingerprint density at radius 2 is 1.18 bits per heavy atom. The van der Waals surface area contributed by atoms with Crippen molar-refractivity contribution < 1.29 is 17.4 Å². The molecule has 0 amide bonds. The minimum atomic E-state index is -3.37. The van der Waals surface area contributed by atoms with Gasteiger partial charge in [0.25, 0.3) is 0 Å². The number of hydrogen-bond donors (Lipinski definition) is 1.